The lowest BCUT2D eigenvalue weighted by Gasteiger charge is -2.24. The Labute approximate surface area is 161 Å². The average molecular weight is 381 g/mol. The molecule has 2 unspecified atom stereocenters. The zero-order chi connectivity index (χ0) is 19.6. The molecule has 6 heteroatoms. The molecule has 0 aliphatic carbocycles. The molecule has 0 aromatic heterocycles. The van der Waals surface area contributed by atoms with E-state index < -0.39 is 6.10 Å². The van der Waals surface area contributed by atoms with Crippen LogP contribution in [-0.4, -0.2) is 54.9 Å². The van der Waals surface area contributed by atoms with E-state index in [1.165, 1.54) is 18.9 Å². The van der Waals surface area contributed by atoms with Crippen molar-refractivity contribution in [3.8, 4) is 0 Å². The van der Waals surface area contributed by atoms with E-state index in [1.807, 2.05) is 13.0 Å². The maximum absolute atomic E-state index is 14.4. The maximum Gasteiger partial charge on any atom is 0.306 e. The fourth-order valence-corrected chi connectivity index (χ4v) is 3.57. The van der Waals surface area contributed by atoms with Gasteiger partial charge < -0.3 is 19.5 Å². The van der Waals surface area contributed by atoms with E-state index in [2.05, 4.69) is 4.90 Å². The molecule has 152 valence electrons. The zero-order valence-electron chi connectivity index (χ0n) is 16.5. The highest BCUT2D eigenvalue weighted by atomic mass is 19.1. The van der Waals surface area contributed by atoms with Crippen LogP contribution >= 0.6 is 0 Å². The Hall–Kier alpha value is -1.50. The number of aliphatic hydroxyl groups is 1. The first-order valence-electron chi connectivity index (χ1n) is 10.00. The van der Waals surface area contributed by atoms with Gasteiger partial charge in [-0.1, -0.05) is 19.1 Å². The van der Waals surface area contributed by atoms with Gasteiger partial charge in [-0.05, 0) is 62.9 Å². The summed E-state index contributed by atoms with van der Waals surface area (Å²) in [7, 11) is 0. The molecule has 0 amide bonds. The second-order valence-electron chi connectivity index (χ2n) is 7.00. The predicted molar refractivity (Wildman–Crippen MR) is 102 cm³/mol. The number of rotatable bonds is 11. The van der Waals surface area contributed by atoms with Gasteiger partial charge in [0.25, 0.3) is 0 Å². The van der Waals surface area contributed by atoms with Crippen LogP contribution in [0.25, 0.3) is 0 Å². The third kappa shape index (κ3) is 6.87. The molecule has 1 aliphatic rings. The van der Waals surface area contributed by atoms with Crippen LogP contribution in [0.1, 0.15) is 56.8 Å². The van der Waals surface area contributed by atoms with Crippen LogP contribution in [0.2, 0.25) is 0 Å². The van der Waals surface area contributed by atoms with Gasteiger partial charge in [0, 0.05) is 13.0 Å². The molecule has 1 aromatic rings. The van der Waals surface area contributed by atoms with Crippen LogP contribution in [0.5, 0.6) is 0 Å². The molecule has 0 radical (unpaired) electrons. The number of β-amino-alcohol motifs (C(OH)–C–C–N with tert-alkyl or cyclic N) is 1. The average Bonchev–Trinajstić information content (AvgIpc) is 3.14. The molecule has 0 spiro atoms. The molecule has 1 fully saturated rings. The first kappa shape index (κ1) is 21.8. The standard InChI is InChI=1S/C21H32FNO4/c1-3-20(27-15-16(24)14-23-12-5-6-13-23)18-8-7-9-19(22)17(18)10-11-21(25)26-4-2/h7-9,16,20,24H,3-6,10-15H2,1-2H3. The number of hydrogen-bond donors (Lipinski definition) is 1. The lowest BCUT2D eigenvalue weighted by molar-refractivity contribution is -0.143. The zero-order valence-corrected chi connectivity index (χ0v) is 16.5. The van der Waals surface area contributed by atoms with Crippen LogP contribution in [0.15, 0.2) is 18.2 Å². The molecule has 2 atom stereocenters. The number of esters is 1. The van der Waals surface area contributed by atoms with Gasteiger partial charge in [-0.15, -0.1) is 0 Å². The summed E-state index contributed by atoms with van der Waals surface area (Å²) < 4.78 is 25.3. The van der Waals surface area contributed by atoms with Crippen molar-refractivity contribution in [1.82, 2.24) is 4.90 Å². The highest BCUT2D eigenvalue weighted by Gasteiger charge is 2.21. The lowest BCUT2D eigenvalue weighted by Crippen LogP contribution is -2.33. The van der Waals surface area contributed by atoms with Crippen molar-refractivity contribution in [2.45, 2.75) is 58.2 Å². The summed E-state index contributed by atoms with van der Waals surface area (Å²) in [5, 5.41) is 10.3. The molecular formula is C21H32FNO4. The normalized spacial score (nSPS) is 17.0. The topological polar surface area (TPSA) is 59.0 Å². The Kier molecular flexibility index (Phi) is 9.18. The maximum atomic E-state index is 14.4. The van der Waals surface area contributed by atoms with Gasteiger partial charge in [0.15, 0.2) is 0 Å². The number of aliphatic hydroxyl groups excluding tert-OH is 1. The summed E-state index contributed by atoms with van der Waals surface area (Å²) in [5.41, 5.74) is 1.24. The molecule has 5 nitrogen and oxygen atoms in total. The third-order valence-corrected chi connectivity index (χ3v) is 4.91. The SMILES string of the molecule is CCOC(=O)CCc1c(F)cccc1C(CC)OCC(O)CN1CCCC1. The van der Waals surface area contributed by atoms with Crippen molar-refractivity contribution in [1.29, 1.82) is 0 Å². The summed E-state index contributed by atoms with van der Waals surface area (Å²) >= 11 is 0. The van der Waals surface area contributed by atoms with Gasteiger partial charge >= 0.3 is 5.97 Å². The molecule has 0 saturated carbocycles. The van der Waals surface area contributed by atoms with Gasteiger partial charge in [-0.3, -0.25) is 4.79 Å². The van der Waals surface area contributed by atoms with Crippen molar-refractivity contribution in [2.75, 3.05) is 32.8 Å². The van der Waals surface area contributed by atoms with E-state index in [-0.39, 0.29) is 37.3 Å². The van der Waals surface area contributed by atoms with E-state index in [0.29, 0.717) is 25.1 Å². The molecule has 1 heterocycles. The highest BCUT2D eigenvalue weighted by Crippen LogP contribution is 2.28. The van der Waals surface area contributed by atoms with Crippen LogP contribution < -0.4 is 0 Å². The lowest BCUT2D eigenvalue weighted by atomic mass is 9.96. The second kappa shape index (κ2) is 11.4. The first-order valence-corrected chi connectivity index (χ1v) is 10.00. The quantitative estimate of drug-likeness (QED) is 0.596. The Morgan fingerprint density at radius 3 is 2.70 bits per heavy atom. The van der Waals surface area contributed by atoms with Crippen LogP contribution in [0, 0.1) is 5.82 Å². The number of benzene rings is 1. The van der Waals surface area contributed by atoms with Gasteiger partial charge in [-0.2, -0.15) is 0 Å². The predicted octanol–water partition coefficient (Wildman–Crippen LogP) is 3.25. The number of carbonyl (C=O) groups is 1. The smallest absolute Gasteiger partial charge is 0.306 e. The minimum Gasteiger partial charge on any atom is -0.466 e. The first-order chi connectivity index (χ1) is 13.0. The van der Waals surface area contributed by atoms with Gasteiger partial charge in [0.2, 0.25) is 0 Å². The Bertz CT molecular complexity index is 590. The number of ether oxygens (including phenoxy) is 2. The summed E-state index contributed by atoms with van der Waals surface area (Å²) in [5.74, 6) is -0.668. The highest BCUT2D eigenvalue weighted by molar-refractivity contribution is 5.69. The van der Waals surface area contributed by atoms with E-state index in [1.54, 1.807) is 13.0 Å². The van der Waals surface area contributed by atoms with Crippen molar-refractivity contribution in [2.24, 2.45) is 0 Å². The number of nitrogens with zero attached hydrogens (tertiary/aromatic N) is 1. The largest absolute Gasteiger partial charge is 0.466 e. The molecule has 1 saturated heterocycles. The number of likely N-dealkylation sites (tertiary alicyclic amines) is 1. The van der Waals surface area contributed by atoms with Gasteiger partial charge in [0.05, 0.1) is 25.4 Å². The minimum atomic E-state index is -0.561. The van der Waals surface area contributed by atoms with E-state index in [0.717, 1.165) is 18.7 Å². The molecule has 0 bridgehead atoms. The van der Waals surface area contributed by atoms with E-state index in [4.69, 9.17) is 9.47 Å². The van der Waals surface area contributed by atoms with Crippen LogP contribution in [-0.2, 0) is 20.7 Å². The summed E-state index contributed by atoms with van der Waals surface area (Å²) in [6.07, 6.45) is 2.55. The Morgan fingerprint density at radius 1 is 1.30 bits per heavy atom. The minimum absolute atomic E-state index is 0.135. The monoisotopic (exact) mass is 381 g/mol. The van der Waals surface area contributed by atoms with E-state index >= 15 is 0 Å². The molecule has 1 aliphatic heterocycles. The third-order valence-electron chi connectivity index (χ3n) is 4.91. The molecule has 1 aromatic carbocycles. The van der Waals surface area contributed by atoms with Gasteiger partial charge in [-0.25, -0.2) is 4.39 Å². The fraction of sp³-hybridized carbons (Fsp3) is 0.667. The van der Waals surface area contributed by atoms with Crippen LogP contribution in [0.3, 0.4) is 0 Å². The second-order valence-corrected chi connectivity index (χ2v) is 7.00. The van der Waals surface area contributed by atoms with Crippen molar-refractivity contribution in [3.05, 3.63) is 35.1 Å². The Morgan fingerprint density at radius 2 is 2.04 bits per heavy atom. The molecular weight excluding hydrogens is 349 g/mol. The number of hydrogen-bond acceptors (Lipinski definition) is 5. The summed E-state index contributed by atoms with van der Waals surface area (Å²) in [4.78, 5) is 13.9. The number of halogens is 1. The fourth-order valence-electron chi connectivity index (χ4n) is 3.57. The van der Waals surface area contributed by atoms with Crippen molar-refractivity contribution in [3.63, 3.8) is 0 Å². The molecule has 1 N–H and O–H groups in total. The van der Waals surface area contributed by atoms with Crippen LogP contribution in [0.4, 0.5) is 4.39 Å². The van der Waals surface area contributed by atoms with E-state index in [9.17, 15) is 14.3 Å². The molecule has 27 heavy (non-hydrogen) atoms. The van der Waals surface area contributed by atoms with Gasteiger partial charge in [0.1, 0.15) is 5.82 Å². The van der Waals surface area contributed by atoms with Crippen molar-refractivity contribution < 1.29 is 23.8 Å². The number of carbonyl (C=O) groups excluding carboxylic acids is 1. The summed E-state index contributed by atoms with van der Waals surface area (Å²) in [6, 6.07) is 4.90. The summed E-state index contributed by atoms with van der Waals surface area (Å²) in [6.45, 7) is 6.90. The molecule has 2 rings (SSSR count). The van der Waals surface area contributed by atoms with Crippen molar-refractivity contribution >= 4 is 5.97 Å². The Balaban J connectivity index is 1.97.